The molecule has 0 aliphatic heterocycles. The molecule has 1 N–H and O–H groups in total. The lowest BCUT2D eigenvalue weighted by Gasteiger charge is -2.17. The minimum absolute atomic E-state index is 0.0111. The van der Waals surface area contributed by atoms with E-state index < -0.39 is 0 Å². The van der Waals surface area contributed by atoms with Gasteiger partial charge >= 0.3 is 0 Å². The number of anilines is 1. The Morgan fingerprint density at radius 2 is 2.00 bits per heavy atom. The summed E-state index contributed by atoms with van der Waals surface area (Å²) in [7, 11) is 3.31. The van der Waals surface area contributed by atoms with Crippen molar-refractivity contribution in [3.63, 3.8) is 0 Å². The Kier molecular flexibility index (Phi) is 5.96. The van der Waals surface area contributed by atoms with Gasteiger partial charge < -0.3 is 15.0 Å². The van der Waals surface area contributed by atoms with Gasteiger partial charge in [0.1, 0.15) is 5.75 Å². The Morgan fingerprint density at radius 1 is 1.26 bits per heavy atom. The van der Waals surface area contributed by atoms with E-state index in [2.05, 4.69) is 10.3 Å². The second-order valence-corrected chi connectivity index (χ2v) is 7.06. The molecule has 2 amide bonds. The van der Waals surface area contributed by atoms with Crippen LogP contribution in [0.3, 0.4) is 0 Å². The van der Waals surface area contributed by atoms with Crippen LogP contribution in [0.5, 0.6) is 5.75 Å². The zero-order valence-corrected chi connectivity index (χ0v) is 16.1. The topological polar surface area (TPSA) is 71.5 Å². The molecule has 1 aliphatic rings. The number of methoxy groups -OCH3 is 1. The zero-order valence-electron chi connectivity index (χ0n) is 15.3. The van der Waals surface area contributed by atoms with E-state index in [1.165, 1.54) is 7.11 Å². The van der Waals surface area contributed by atoms with Crippen molar-refractivity contribution in [3.05, 3.63) is 53.3 Å². The fourth-order valence-electron chi connectivity index (χ4n) is 2.98. The first kappa shape index (κ1) is 19.2. The minimum Gasteiger partial charge on any atom is -0.495 e. The molecule has 1 fully saturated rings. The van der Waals surface area contributed by atoms with Crippen molar-refractivity contribution in [1.82, 2.24) is 9.88 Å². The molecule has 2 unspecified atom stereocenters. The Labute approximate surface area is 163 Å². The third kappa shape index (κ3) is 4.77. The maximum absolute atomic E-state index is 12.5. The van der Waals surface area contributed by atoms with E-state index in [1.54, 1.807) is 42.5 Å². The fraction of sp³-hybridized carbons (Fsp3) is 0.350. The van der Waals surface area contributed by atoms with Crippen LogP contribution < -0.4 is 10.1 Å². The van der Waals surface area contributed by atoms with Gasteiger partial charge in [-0.1, -0.05) is 11.6 Å². The van der Waals surface area contributed by atoms with Crippen LogP contribution in [0.15, 0.2) is 42.7 Å². The maximum atomic E-state index is 12.5. The van der Waals surface area contributed by atoms with Gasteiger partial charge in [0.05, 0.1) is 24.0 Å². The molecule has 1 aromatic carbocycles. The van der Waals surface area contributed by atoms with Crippen LogP contribution >= 0.6 is 11.6 Å². The summed E-state index contributed by atoms with van der Waals surface area (Å²) >= 11 is 6.07. The van der Waals surface area contributed by atoms with Gasteiger partial charge in [-0.15, -0.1) is 0 Å². The number of nitrogens with one attached hydrogen (secondary N) is 1. The average Bonchev–Trinajstić information content (AvgIpc) is 3.47. The third-order valence-electron chi connectivity index (χ3n) is 4.73. The summed E-state index contributed by atoms with van der Waals surface area (Å²) in [5.74, 6) is -0.137. The lowest BCUT2D eigenvalue weighted by Crippen LogP contribution is -2.31. The molecule has 2 atom stereocenters. The molecule has 0 saturated heterocycles. The first-order valence-corrected chi connectivity index (χ1v) is 9.15. The minimum atomic E-state index is -0.290. The summed E-state index contributed by atoms with van der Waals surface area (Å²) in [6.07, 6.45) is 4.82. The molecule has 6 nitrogen and oxygen atoms in total. The number of likely N-dealkylation sites (N-methyl/N-ethyl adjacent to an activating group) is 1. The molecule has 1 heterocycles. The van der Waals surface area contributed by atoms with Crippen LogP contribution in [-0.2, 0) is 16.0 Å². The Morgan fingerprint density at radius 3 is 2.67 bits per heavy atom. The van der Waals surface area contributed by atoms with Crippen molar-refractivity contribution in [2.75, 3.05) is 26.0 Å². The number of benzene rings is 1. The number of halogens is 1. The molecular weight excluding hydrogens is 366 g/mol. The number of pyridine rings is 1. The molecule has 2 aromatic rings. The first-order chi connectivity index (χ1) is 13.0. The lowest BCUT2D eigenvalue weighted by molar-refractivity contribution is -0.132. The zero-order chi connectivity index (χ0) is 19.4. The van der Waals surface area contributed by atoms with Crippen LogP contribution in [-0.4, -0.2) is 42.4 Å². The van der Waals surface area contributed by atoms with E-state index in [4.69, 9.17) is 16.3 Å². The number of amides is 2. The number of rotatable bonds is 7. The normalized spacial score (nSPS) is 17.9. The quantitative estimate of drug-likeness (QED) is 0.792. The molecule has 27 heavy (non-hydrogen) atoms. The standard InChI is InChI=1S/C20H22ClN3O3/c1-24(10-7-13-5-8-22-9-6-13)20(26)16-12-15(16)19(25)23-14-3-4-18(27-2)17(21)11-14/h3-6,8-9,11,15-16H,7,10,12H2,1-2H3,(H,23,25). The van der Waals surface area contributed by atoms with Gasteiger partial charge in [-0.05, 0) is 48.7 Å². The van der Waals surface area contributed by atoms with Crippen LogP contribution in [0.2, 0.25) is 5.02 Å². The van der Waals surface area contributed by atoms with Crippen molar-refractivity contribution in [2.45, 2.75) is 12.8 Å². The van der Waals surface area contributed by atoms with Gasteiger partial charge in [-0.2, -0.15) is 0 Å². The van der Waals surface area contributed by atoms with Crippen LogP contribution in [0.1, 0.15) is 12.0 Å². The number of hydrogen-bond donors (Lipinski definition) is 1. The van der Waals surface area contributed by atoms with Crippen molar-refractivity contribution in [2.24, 2.45) is 11.8 Å². The number of ether oxygens (including phenoxy) is 1. The first-order valence-electron chi connectivity index (χ1n) is 8.78. The number of hydrogen-bond acceptors (Lipinski definition) is 4. The smallest absolute Gasteiger partial charge is 0.228 e. The van der Waals surface area contributed by atoms with Crippen molar-refractivity contribution >= 4 is 29.1 Å². The molecule has 1 saturated carbocycles. The predicted octanol–water partition coefficient (Wildman–Crippen LogP) is 3.02. The Bertz CT molecular complexity index is 828. The second kappa shape index (κ2) is 8.39. The van der Waals surface area contributed by atoms with Crippen LogP contribution in [0.4, 0.5) is 5.69 Å². The van der Waals surface area contributed by atoms with Gasteiger partial charge in [0.2, 0.25) is 11.8 Å². The average molecular weight is 388 g/mol. The highest BCUT2D eigenvalue weighted by Crippen LogP contribution is 2.41. The molecule has 1 aliphatic carbocycles. The highest BCUT2D eigenvalue weighted by molar-refractivity contribution is 6.32. The summed E-state index contributed by atoms with van der Waals surface area (Å²) in [5, 5.41) is 3.25. The van der Waals surface area contributed by atoms with E-state index in [9.17, 15) is 9.59 Å². The summed E-state index contributed by atoms with van der Waals surface area (Å²) in [4.78, 5) is 30.6. The van der Waals surface area contributed by atoms with Crippen LogP contribution in [0.25, 0.3) is 0 Å². The molecule has 7 heteroatoms. The third-order valence-corrected chi connectivity index (χ3v) is 5.02. The predicted molar refractivity (Wildman–Crippen MR) is 104 cm³/mol. The van der Waals surface area contributed by atoms with Crippen molar-refractivity contribution in [3.8, 4) is 5.75 Å². The van der Waals surface area contributed by atoms with Gasteiger partial charge in [0.25, 0.3) is 0 Å². The lowest BCUT2D eigenvalue weighted by atomic mass is 10.2. The maximum Gasteiger partial charge on any atom is 0.228 e. The molecule has 0 bridgehead atoms. The summed E-state index contributed by atoms with van der Waals surface area (Å²) in [5.41, 5.74) is 1.72. The van der Waals surface area contributed by atoms with E-state index in [0.29, 0.717) is 29.4 Å². The fourth-order valence-corrected chi connectivity index (χ4v) is 3.23. The van der Waals surface area contributed by atoms with E-state index in [-0.39, 0.29) is 23.7 Å². The van der Waals surface area contributed by atoms with E-state index >= 15 is 0 Å². The van der Waals surface area contributed by atoms with Gasteiger partial charge in [-0.3, -0.25) is 14.6 Å². The van der Waals surface area contributed by atoms with E-state index in [1.807, 2.05) is 12.1 Å². The van der Waals surface area contributed by atoms with Crippen molar-refractivity contribution < 1.29 is 14.3 Å². The van der Waals surface area contributed by atoms with Gasteiger partial charge in [0.15, 0.2) is 0 Å². The van der Waals surface area contributed by atoms with Gasteiger partial charge in [-0.25, -0.2) is 0 Å². The molecule has 3 rings (SSSR count). The van der Waals surface area contributed by atoms with Crippen molar-refractivity contribution in [1.29, 1.82) is 0 Å². The number of aromatic nitrogens is 1. The van der Waals surface area contributed by atoms with E-state index in [0.717, 1.165) is 12.0 Å². The molecule has 0 spiro atoms. The molecule has 0 radical (unpaired) electrons. The molecule has 142 valence electrons. The number of carbonyl (C=O) groups is 2. The van der Waals surface area contributed by atoms with Crippen LogP contribution in [0, 0.1) is 11.8 Å². The number of carbonyl (C=O) groups excluding carboxylic acids is 2. The largest absolute Gasteiger partial charge is 0.495 e. The second-order valence-electron chi connectivity index (χ2n) is 6.65. The Hall–Kier alpha value is -2.60. The Balaban J connectivity index is 1.49. The highest BCUT2D eigenvalue weighted by atomic mass is 35.5. The summed E-state index contributed by atoms with van der Waals surface area (Å²) < 4.78 is 5.10. The SMILES string of the molecule is COc1ccc(NC(=O)C2CC2C(=O)N(C)CCc2ccncc2)cc1Cl. The number of nitrogens with zero attached hydrogens (tertiary/aromatic N) is 2. The summed E-state index contributed by atoms with van der Waals surface area (Å²) in [6, 6.07) is 8.93. The monoisotopic (exact) mass is 387 g/mol. The molecule has 1 aromatic heterocycles. The summed E-state index contributed by atoms with van der Waals surface area (Å²) in [6.45, 7) is 0.613. The molecular formula is C20H22ClN3O3. The van der Waals surface area contributed by atoms with Gasteiger partial charge in [0, 0.05) is 31.7 Å². The highest BCUT2D eigenvalue weighted by Gasteiger charge is 2.49.